The third kappa shape index (κ3) is 4.89. The van der Waals surface area contributed by atoms with E-state index in [-0.39, 0.29) is 50.0 Å². The quantitative estimate of drug-likeness (QED) is 0.271. The van der Waals surface area contributed by atoms with Crippen molar-refractivity contribution in [3.8, 4) is 17.1 Å². The molecule has 7 nitrogen and oxygen atoms in total. The standard InChI is InChI=1S/C19H13F6N5O2S2/c1-2-34(31,32)14-7-11(30-6-4-15(28-30)18(20,21)22)9-26-17(14)13-10-29-5-3-12(8-16(29)27-13)33-19(23,24)25/h3-10H,2H2,1H3. The van der Waals surface area contributed by atoms with Gasteiger partial charge in [0.2, 0.25) is 0 Å². The lowest BCUT2D eigenvalue weighted by Gasteiger charge is -2.10. The molecule has 180 valence electrons. The molecule has 0 spiro atoms. The highest BCUT2D eigenvalue weighted by atomic mass is 32.2. The fraction of sp³-hybridized carbons (Fsp3) is 0.211. The lowest BCUT2D eigenvalue weighted by atomic mass is 10.3. The Bertz CT molecular complexity index is 1470. The fourth-order valence-corrected chi connectivity index (χ4v) is 4.66. The number of nitrogens with zero attached hydrogens (tertiary/aromatic N) is 5. The lowest BCUT2D eigenvalue weighted by Crippen LogP contribution is -2.10. The van der Waals surface area contributed by atoms with Crippen LogP contribution in [0.15, 0.2) is 58.8 Å². The molecule has 0 amide bonds. The van der Waals surface area contributed by atoms with Crippen molar-refractivity contribution in [2.24, 2.45) is 0 Å². The van der Waals surface area contributed by atoms with Gasteiger partial charge in [-0.2, -0.15) is 31.4 Å². The number of imidazole rings is 1. The maximum atomic E-state index is 12.9. The number of rotatable bonds is 5. The Morgan fingerprint density at radius 1 is 1.06 bits per heavy atom. The Hall–Kier alpha value is -3.07. The van der Waals surface area contributed by atoms with Crippen LogP contribution in [0.25, 0.3) is 22.7 Å². The van der Waals surface area contributed by atoms with Crippen LogP contribution in [0.1, 0.15) is 12.6 Å². The molecule has 0 radical (unpaired) electrons. The van der Waals surface area contributed by atoms with E-state index >= 15 is 0 Å². The van der Waals surface area contributed by atoms with E-state index in [1.807, 2.05) is 0 Å². The van der Waals surface area contributed by atoms with E-state index in [9.17, 15) is 34.8 Å². The molecule has 34 heavy (non-hydrogen) atoms. The highest BCUT2D eigenvalue weighted by Crippen LogP contribution is 2.37. The molecule has 4 aromatic heterocycles. The van der Waals surface area contributed by atoms with Crippen molar-refractivity contribution in [1.82, 2.24) is 24.1 Å². The first-order chi connectivity index (χ1) is 15.8. The van der Waals surface area contributed by atoms with E-state index in [0.29, 0.717) is 0 Å². The molecular weight excluding hydrogens is 508 g/mol. The van der Waals surface area contributed by atoms with Gasteiger partial charge in [0.05, 0.1) is 22.5 Å². The predicted octanol–water partition coefficient (Wildman–Crippen LogP) is 5.01. The zero-order valence-corrected chi connectivity index (χ0v) is 18.6. The maximum absolute atomic E-state index is 12.9. The lowest BCUT2D eigenvalue weighted by molar-refractivity contribution is -0.141. The SMILES string of the molecule is CCS(=O)(=O)c1cc(-n2ccc(C(F)(F)F)n2)cnc1-c1cn2ccc(SC(F)(F)F)cc2n1. The summed E-state index contributed by atoms with van der Waals surface area (Å²) in [5.74, 6) is -0.336. The topological polar surface area (TPSA) is 82.1 Å². The van der Waals surface area contributed by atoms with E-state index in [4.69, 9.17) is 0 Å². The molecule has 15 heteroatoms. The normalized spacial score (nSPS) is 13.0. The van der Waals surface area contributed by atoms with Crippen molar-refractivity contribution in [2.45, 2.75) is 28.4 Å². The molecule has 0 saturated heterocycles. The number of halogens is 6. The Balaban J connectivity index is 1.81. The van der Waals surface area contributed by atoms with Gasteiger partial charge in [-0.15, -0.1) is 0 Å². The molecule has 0 atom stereocenters. The fourth-order valence-electron chi connectivity index (χ4n) is 3.04. The molecule has 0 N–H and O–H groups in total. The number of thioether (sulfide) groups is 1. The maximum Gasteiger partial charge on any atom is 0.446 e. The van der Waals surface area contributed by atoms with Gasteiger partial charge in [-0.3, -0.25) is 4.98 Å². The summed E-state index contributed by atoms with van der Waals surface area (Å²) in [5, 5.41) is 3.42. The number of pyridine rings is 2. The van der Waals surface area contributed by atoms with Gasteiger partial charge in [0, 0.05) is 23.5 Å². The Morgan fingerprint density at radius 3 is 2.41 bits per heavy atom. The van der Waals surface area contributed by atoms with Crippen molar-refractivity contribution in [3.63, 3.8) is 0 Å². The molecule has 0 aliphatic rings. The van der Waals surface area contributed by atoms with Gasteiger partial charge < -0.3 is 4.40 Å². The summed E-state index contributed by atoms with van der Waals surface area (Å²) < 4.78 is 104. The summed E-state index contributed by atoms with van der Waals surface area (Å²) in [6.45, 7) is 1.38. The highest BCUT2D eigenvalue weighted by Gasteiger charge is 2.34. The van der Waals surface area contributed by atoms with Gasteiger partial charge >= 0.3 is 11.7 Å². The number of sulfone groups is 1. The molecule has 0 fully saturated rings. The number of hydrogen-bond acceptors (Lipinski definition) is 6. The molecule has 0 saturated carbocycles. The van der Waals surface area contributed by atoms with Gasteiger partial charge in [-0.05, 0) is 36.0 Å². The zero-order valence-electron chi connectivity index (χ0n) is 17.0. The van der Waals surface area contributed by atoms with E-state index in [1.54, 1.807) is 0 Å². The third-order valence-electron chi connectivity index (χ3n) is 4.61. The van der Waals surface area contributed by atoms with Gasteiger partial charge in [-0.1, -0.05) is 6.92 Å². The van der Waals surface area contributed by atoms with Crippen LogP contribution in [-0.2, 0) is 16.0 Å². The van der Waals surface area contributed by atoms with Crippen LogP contribution in [0.5, 0.6) is 0 Å². The second-order valence-electron chi connectivity index (χ2n) is 6.89. The summed E-state index contributed by atoms with van der Waals surface area (Å²) in [5.41, 5.74) is -5.60. The van der Waals surface area contributed by atoms with Gasteiger partial charge in [-0.25, -0.2) is 18.1 Å². The van der Waals surface area contributed by atoms with Crippen LogP contribution in [-0.4, -0.2) is 43.8 Å². The first-order valence-corrected chi connectivity index (χ1v) is 11.8. The summed E-state index contributed by atoms with van der Waals surface area (Å²) in [4.78, 5) is 7.90. The smallest absolute Gasteiger partial charge is 0.306 e. The first-order valence-electron chi connectivity index (χ1n) is 9.38. The van der Waals surface area contributed by atoms with Crippen LogP contribution >= 0.6 is 11.8 Å². The zero-order chi connectivity index (χ0) is 24.9. The molecule has 0 unspecified atom stereocenters. The largest absolute Gasteiger partial charge is 0.446 e. The number of alkyl halides is 6. The van der Waals surface area contributed by atoms with Gasteiger partial charge in [0.25, 0.3) is 0 Å². The van der Waals surface area contributed by atoms with Crippen LogP contribution in [0.2, 0.25) is 0 Å². The van der Waals surface area contributed by atoms with Crippen molar-refractivity contribution < 1.29 is 34.8 Å². The second kappa shape index (κ2) is 8.30. The number of hydrogen-bond donors (Lipinski definition) is 0. The third-order valence-corrected chi connectivity index (χ3v) is 7.07. The monoisotopic (exact) mass is 521 g/mol. The average molecular weight is 521 g/mol. The second-order valence-corrected chi connectivity index (χ2v) is 10.3. The first kappa shape index (κ1) is 24.1. The number of aromatic nitrogens is 5. The molecule has 0 aliphatic carbocycles. The Kier molecular flexibility index (Phi) is 5.88. The van der Waals surface area contributed by atoms with Crippen LogP contribution in [0, 0.1) is 0 Å². The molecule has 4 aromatic rings. The minimum Gasteiger partial charge on any atom is -0.306 e. The molecule has 0 aromatic carbocycles. The minimum absolute atomic E-state index is 0.0288. The van der Waals surface area contributed by atoms with Crippen molar-refractivity contribution in [2.75, 3.05) is 5.75 Å². The van der Waals surface area contributed by atoms with Crippen molar-refractivity contribution in [3.05, 3.63) is 54.7 Å². The summed E-state index contributed by atoms with van der Waals surface area (Å²) in [6.07, 6.45) is 0.198. The summed E-state index contributed by atoms with van der Waals surface area (Å²) >= 11 is -0.320. The van der Waals surface area contributed by atoms with Crippen molar-refractivity contribution >= 4 is 27.2 Å². The average Bonchev–Trinajstić information content (AvgIpc) is 3.39. The summed E-state index contributed by atoms with van der Waals surface area (Å²) in [7, 11) is -3.93. The molecule has 0 aliphatic heterocycles. The Labute approximate surface area is 192 Å². The van der Waals surface area contributed by atoms with Gasteiger partial charge in [0.1, 0.15) is 17.0 Å². The molecule has 0 bridgehead atoms. The van der Waals surface area contributed by atoms with E-state index in [0.717, 1.165) is 29.2 Å². The Morgan fingerprint density at radius 2 is 1.79 bits per heavy atom. The molecular formula is C19H13F6N5O2S2. The van der Waals surface area contributed by atoms with Gasteiger partial charge in [0.15, 0.2) is 15.5 Å². The minimum atomic E-state index is -4.68. The van der Waals surface area contributed by atoms with E-state index in [2.05, 4.69) is 15.1 Å². The molecule has 4 rings (SSSR count). The van der Waals surface area contributed by atoms with Crippen molar-refractivity contribution in [1.29, 1.82) is 0 Å². The number of fused-ring (bicyclic) bond motifs is 1. The van der Waals surface area contributed by atoms with E-state index in [1.165, 1.54) is 35.9 Å². The van der Waals surface area contributed by atoms with Crippen LogP contribution in [0.3, 0.4) is 0 Å². The predicted molar refractivity (Wildman–Crippen MR) is 110 cm³/mol. The van der Waals surface area contributed by atoms with Crippen LogP contribution < -0.4 is 0 Å². The van der Waals surface area contributed by atoms with E-state index < -0.39 is 27.2 Å². The summed E-state index contributed by atoms with van der Waals surface area (Å²) in [6, 6.07) is 4.28. The van der Waals surface area contributed by atoms with Crippen LogP contribution in [0.4, 0.5) is 26.3 Å². The molecule has 4 heterocycles. The highest BCUT2D eigenvalue weighted by molar-refractivity contribution is 8.00.